The van der Waals surface area contributed by atoms with Gasteiger partial charge in [-0.05, 0) is 24.5 Å². The predicted molar refractivity (Wildman–Crippen MR) is 88.6 cm³/mol. The number of aryl methyl sites for hydroxylation is 1. The molecule has 1 aromatic carbocycles. The van der Waals surface area contributed by atoms with Gasteiger partial charge in [-0.15, -0.1) is 0 Å². The zero-order valence-electron chi connectivity index (χ0n) is 12.4. The van der Waals surface area contributed by atoms with Crippen molar-refractivity contribution >= 4 is 21.7 Å². The number of nitrogen functional groups attached to an aromatic ring is 1. The summed E-state index contributed by atoms with van der Waals surface area (Å²) in [5.41, 5.74) is 8.31. The largest absolute Gasteiger partial charge is 0.383 e. The Kier molecular flexibility index (Phi) is 4.86. The average Bonchev–Trinajstić information content (AvgIpc) is 2.68. The van der Waals surface area contributed by atoms with Crippen LogP contribution in [0.4, 0.5) is 5.82 Å². The van der Waals surface area contributed by atoms with Crippen molar-refractivity contribution in [3.63, 3.8) is 0 Å². The maximum atomic E-state index is 6.35. The van der Waals surface area contributed by atoms with Crippen molar-refractivity contribution in [3.05, 3.63) is 34.6 Å². The molecule has 0 unspecified atom stereocenters. The van der Waals surface area contributed by atoms with Gasteiger partial charge in [-0.1, -0.05) is 48.8 Å². The summed E-state index contributed by atoms with van der Waals surface area (Å²) >= 11 is 3.50. The first-order valence-corrected chi connectivity index (χ1v) is 7.93. The molecule has 0 saturated heterocycles. The summed E-state index contributed by atoms with van der Waals surface area (Å²) in [6.45, 7) is 7.49. The van der Waals surface area contributed by atoms with Crippen LogP contribution in [0.1, 0.15) is 33.0 Å². The highest BCUT2D eigenvalue weighted by molar-refractivity contribution is 9.10. The Hall–Kier alpha value is -1.29. The number of rotatable bonds is 5. The molecular formula is C16H22BrN3. The van der Waals surface area contributed by atoms with Gasteiger partial charge in [-0.3, -0.25) is 0 Å². The summed E-state index contributed by atoms with van der Waals surface area (Å²) < 4.78 is 3.22. The fraction of sp³-hybridized carbons (Fsp3) is 0.438. The first kappa shape index (κ1) is 15.1. The summed E-state index contributed by atoms with van der Waals surface area (Å²) in [6.07, 6.45) is 2.04. The van der Waals surface area contributed by atoms with E-state index in [4.69, 9.17) is 10.7 Å². The molecule has 2 rings (SSSR count). The van der Waals surface area contributed by atoms with Crippen molar-refractivity contribution in [2.24, 2.45) is 5.92 Å². The van der Waals surface area contributed by atoms with Gasteiger partial charge in [0, 0.05) is 23.0 Å². The lowest BCUT2D eigenvalue weighted by Gasteiger charge is -2.11. The predicted octanol–water partition coefficient (Wildman–Crippen LogP) is 4.50. The van der Waals surface area contributed by atoms with E-state index >= 15 is 0 Å². The van der Waals surface area contributed by atoms with Gasteiger partial charge in [0.2, 0.25) is 0 Å². The van der Waals surface area contributed by atoms with Crippen molar-refractivity contribution < 1.29 is 0 Å². The topological polar surface area (TPSA) is 43.8 Å². The van der Waals surface area contributed by atoms with Gasteiger partial charge in [0.25, 0.3) is 0 Å². The van der Waals surface area contributed by atoms with E-state index in [2.05, 4.69) is 53.4 Å². The van der Waals surface area contributed by atoms with Crippen molar-refractivity contribution in [1.82, 2.24) is 9.55 Å². The van der Waals surface area contributed by atoms with E-state index < -0.39 is 0 Å². The van der Waals surface area contributed by atoms with Gasteiger partial charge in [0.1, 0.15) is 17.3 Å². The summed E-state index contributed by atoms with van der Waals surface area (Å²) in [7, 11) is 0. The maximum Gasteiger partial charge on any atom is 0.131 e. The molecule has 0 aliphatic rings. The van der Waals surface area contributed by atoms with E-state index in [0.717, 1.165) is 46.8 Å². The van der Waals surface area contributed by atoms with E-state index in [1.54, 1.807) is 0 Å². The molecule has 1 aromatic heterocycles. The van der Waals surface area contributed by atoms with Crippen LogP contribution in [0, 0.1) is 5.92 Å². The standard InChI is InChI=1S/C16H22BrN3/c1-4-6-14-19-15(12-7-5-8-13(17)9-12)16(18)20(14)10-11(2)3/h5,7-9,11H,4,6,10,18H2,1-3H3. The van der Waals surface area contributed by atoms with E-state index in [1.165, 1.54) is 0 Å². The van der Waals surface area contributed by atoms with Gasteiger partial charge in [-0.2, -0.15) is 0 Å². The molecule has 0 saturated carbocycles. The highest BCUT2D eigenvalue weighted by Crippen LogP contribution is 2.29. The molecule has 2 aromatic rings. The van der Waals surface area contributed by atoms with Crippen LogP contribution in [-0.4, -0.2) is 9.55 Å². The second-order valence-electron chi connectivity index (χ2n) is 5.53. The minimum Gasteiger partial charge on any atom is -0.383 e. The smallest absolute Gasteiger partial charge is 0.131 e. The summed E-state index contributed by atoms with van der Waals surface area (Å²) in [5, 5.41) is 0. The molecule has 0 spiro atoms. The van der Waals surface area contributed by atoms with Crippen molar-refractivity contribution in [3.8, 4) is 11.3 Å². The Balaban J connectivity index is 2.49. The van der Waals surface area contributed by atoms with Crippen molar-refractivity contribution in [1.29, 1.82) is 0 Å². The number of anilines is 1. The third-order valence-corrected chi connectivity index (χ3v) is 3.70. The van der Waals surface area contributed by atoms with Crippen molar-refractivity contribution in [2.75, 3.05) is 5.73 Å². The van der Waals surface area contributed by atoms with Crippen LogP contribution in [0.5, 0.6) is 0 Å². The Labute approximate surface area is 129 Å². The summed E-state index contributed by atoms with van der Waals surface area (Å²) in [6, 6.07) is 8.14. The second kappa shape index (κ2) is 6.44. The number of nitrogens with two attached hydrogens (primary N) is 1. The molecule has 2 N–H and O–H groups in total. The lowest BCUT2D eigenvalue weighted by molar-refractivity contribution is 0.510. The maximum absolute atomic E-state index is 6.35. The van der Waals surface area contributed by atoms with Gasteiger partial charge >= 0.3 is 0 Å². The molecule has 0 aliphatic heterocycles. The number of benzene rings is 1. The second-order valence-corrected chi connectivity index (χ2v) is 6.44. The first-order chi connectivity index (χ1) is 9.52. The highest BCUT2D eigenvalue weighted by Gasteiger charge is 2.16. The number of imidazole rings is 1. The summed E-state index contributed by atoms with van der Waals surface area (Å²) in [4.78, 5) is 4.78. The van der Waals surface area contributed by atoms with Crippen LogP contribution >= 0.6 is 15.9 Å². The molecule has 3 nitrogen and oxygen atoms in total. The normalized spacial score (nSPS) is 11.2. The minimum absolute atomic E-state index is 0.553. The zero-order valence-corrected chi connectivity index (χ0v) is 13.9. The first-order valence-electron chi connectivity index (χ1n) is 7.13. The van der Waals surface area contributed by atoms with Crippen LogP contribution in [0.3, 0.4) is 0 Å². The fourth-order valence-corrected chi connectivity index (χ4v) is 2.74. The monoisotopic (exact) mass is 335 g/mol. The Morgan fingerprint density at radius 1 is 1.35 bits per heavy atom. The Bertz CT molecular complexity index is 587. The van der Waals surface area contributed by atoms with E-state index in [0.29, 0.717) is 5.92 Å². The number of halogens is 1. The van der Waals surface area contributed by atoms with Gasteiger partial charge in [-0.25, -0.2) is 4.98 Å². The molecule has 0 radical (unpaired) electrons. The third kappa shape index (κ3) is 3.23. The molecule has 108 valence electrons. The molecule has 0 fully saturated rings. The lowest BCUT2D eigenvalue weighted by atomic mass is 10.1. The molecule has 0 amide bonds. The van der Waals surface area contributed by atoms with E-state index in [-0.39, 0.29) is 0 Å². The number of aromatic nitrogens is 2. The van der Waals surface area contributed by atoms with Crippen molar-refractivity contribution in [2.45, 2.75) is 40.2 Å². The van der Waals surface area contributed by atoms with Crippen LogP contribution in [-0.2, 0) is 13.0 Å². The van der Waals surface area contributed by atoms with Gasteiger partial charge in [0.15, 0.2) is 0 Å². The van der Waals surface area contributed by atoms with Gasteiger partial charge in [0.05, 0.1) is 0 Å². The highest BCUT2D eigenvalue weighted by atomic mass is 79.9. The van der Waals surface area contributed by atoms with Crippen LogP contribution in [0.2, 0.25) is 0 Å². The quantitative estimate of drug-likeness (QED) is 0.873. The molecule has 20 heavy (non-hydrogen) atoms. The lowest BCUT2D eigenvalue weighted by Crippen LogP contribution is -2.11. The molecule has 0 aliphatic carbocycles. The third-order valence-electron chi connectivity index (χ3n) is 3.21. The van der Waals surface area contributed by atoms with E-state index in [1.807, 2.05) is 12.1 Å². The molecule has 0 atom stereocenters. The molecule has 1 heterocycles. The Morgan fingerprint density at radius 3 is 2.70 bits per heavy atom. The fourth-order valence-electron chi connectivity index (χ4n) is 2.35. The Morgan fingerprint density at radius 2 is 2.10 bits per heavy atom. The van der Waals surface area contributed by atoms with Gasteiger partial charge < -0.3 is 10.3 Å². The SMILES string of the molecule is CCCc1nc(-c2cccc(Br)c2)c(N)n1CC(C)C. The number of nitrogens with zero attached hydrogens (tertiary/aromatic N) is 2. The van der Waals surface area contributed by atoms with E-state index in [9.17, 15) is 0 Å². The van der Waals surface area contributed by atoms with Crippen LogP contribution < -0.4 is 5.73 Å². The molecule has 4 heteroatoms. The average molecular weight is 336 g/mol. The zero-order chi connectivity index (χ0) is 14.7. The summed E-state index contributed by atoms with van der Waals surface area (Å²) in [5.74, 6) is 2.42. The minimum atomic E-state index is 0.553. The number of hydrogen-bond acceptors (Lipinski definition) is 2. The molecule has 0 bridgehead atoms. The molecular weight excluding hydrogens is 314 g/mol. The van der Waals surface area contributed by atoms with Crippen LogP contribution in [0.15, 0.2) is 28.7 Å². The van der Waals surface area contributed by atoms with Crippen LogP contribution in [0.25, 0.3) is 11.3 Å². The number of hydrogen-bond donors (Lipinski definition) is 1.